The molecule has 264 valence electrons. The fraction of sp³-hybridized carbons (Fsp3) is 0.149. The van der Waals surface area contributed by atoms with Crippen molar-refractivity contribution in [3.63, 3.8) is 0 Å². The highest BCUT2D eigenvalue weighted by molar-refractivity contribution is 6.11. The van der Waals surface area contributed by atoms with Crippen LogP contribution < -0.4 is 4.90 Å². The van der Waals surface area contributed by atoms with E-state index in [1.165, 1.54) is 11.1 Å². The Morgan fingerprint density at radius 1 is 0.691 bits per heavy atom. The van der Waals surface area contributed by atoms with Crippen molar-refractivity contribution in [2.75, 3.05) is 4.90 Å². The van der Waals surface area contributed by atoms with E-state index in [0.29, 0.717) is 17.5 Å². The molecule has 0 radical (unpaired) electrons. The topological polar surface area (TPSA) is 85.0 Å². The summed E-state index contributed by atoms with van der Waals surface area (Å²) in [5, 5.41) is 3.19. The van der Waals surface area contributed by atoms with Gasteiger partial charge in [-0.1, -0.05) is 105 Å². The fourth-order valence-corrected chi connectivity index (χ4v) is 8.83. The average Bonchev–Trinajstić information content (AvgIpc) is 3.56. The number of hydrogen-bond donors (Lipinski definition) is 0. The van der Waals surface area contributed by atoms with Crippen molar-refractivity contribution >= 4 is 62.2 Å². The second-order valence-electron chi connectivity index (χ2n) is 15.0. The molecule has 8 heteroatoms. The summed E-state index contributed by atoms with van der Waals surface area (Å²) in [7, 11) is 0. The smallest absolute Gasteiger partial charge is 0.237 e. The van der Waals surface area contributed by atoms with Crippen LogP contribution in [0.25, 0.3) is 50.0 Å². The Bertz CT molecular complexity index is 2950. The van der Waals surface area contributed by atoms with Gasteiger partial charge in [-0.15, -0.1) is 0 Å². The Morgan fingerprint density at radius 3 is 2.42 bits per heavy atom. The minimum atomic E-state index is -0.331. The Morgan fingerprint density at radius 2 is 1.53 bits per heavy atom. The number of pyridine rings is 1. The third-order valence-electron chi connectivity index (χ3n) is 11.5. The van der Waals surface area contributed by atoms with Gasteiger partial charge in [-0.25, -0.2) is 19.9 Å². The van der Waals surface area contributed by atoms with Crippen LogP contribution in [0.5, 0.6) is 0 Å². The summed E-state index contributed by atoms with van der Waals surface area (Å²) in [6.45, 7) is 4.63. The van der Waals surface area contributed by atoms with E-state index < -0.39 is 0 Å². The van der Waals surface area contributed by atoms with Gasteiger partial charge in [0.1, 0.15) is 0 Å². The molecule has 0 fully saturated rings. The zero-order valence-corrected chi connectivity index (χ0v) is 30.6. The van der Waals surface area contributed by atoms with Gasteiger partial charge in [0.05, 0.1) is 33.8 Å². The number of fused-ring (bicyclic) bond motifs is 7. The Hall–Kier alpha value is -6.80. The molecular formula is C47H36N8. The molecule has 1 aliphatic carbocycles. The predicted octanol–water partition coefficient (Wildman–Crippen LogP) is 10.9. The molecule has 3 aliphatic rings. The molecule has 8 nitrogen and oxygen atoms in total. The number of aromatic nitrogens is 6. The lowest BCUT2D eigenvalue weighted by molar-refractivity contribution is 0.632. The maximum absolute atomic E-state index is 5.43. The SMILES string of the molecule is CC1(C)c2ccccc2N(c2nc(-c3ccccc3)c3cccnc3n2)c2cc3c(cc21)c1ccccc1n3-c1nc2c(c(C3C=CC=CC3)n1)CCC=N2. The third-order valence-corrected chi connectivity index (χ3v) is 11.5. The Balaban J connectivity index is 1.21. The molecule has 0 bridgehead atoms. The zero-order chi connectivity index (χ0) is 36.7. The summed E-state index contributed by atoms with van der Waals surface area (Å²) in [6, 6.07) is 36.2. The highest BCUT2D eigenvalue weighted by Crippen LogP contribution is 2.53. The lowest BCUT2D eigenvalue weighted by Crippen LogP contribution is -2.31. The van der Waals surface area contributed by atoms with Crippen LogP contribution >= 0.6 is 0 Å². The molecule has 8 aromatic rings. The van der Waals surface area contributed by atoms with Crippen LogP contribution in [-0.2, 0) is 11.8 Å². The van der Waals surface area contributed by atoms with Crippen molar-refractivity contribution in [3.05, 3.63) is 156 Å². The van der Waals surface area contributed by atoms with E-state index in [9.17, 15) is 0 Å². The second-order valence-corrected chi connectivity index (χ2v) is 15.0. The van der Waals surface area contributed by atoms with E-state index in [4.69, 9.17) is 29.9 Å². The number of allylic oxidation sites excluding steroid dienone is 4. The molecular weight excluding hydrogens is 677 g/mol. The quantitative estimate of drug-likeness (QED) is 0.181. The lowest BCUT2D eigenvalue weighted by atomic mass is 9.73. The molecule has 11 rings (SSSR count). The first-order valence-electron chi connectivity index (χ1n) is 19.0. The number of para-hydroxylation sites is 2. The Kier molecular flexibility index (Phi) is 6.98. The molecule has 6 heterocycles. The average molecular weight is 713 g/mol. The van der Waals surface area contributed by atoms with Crippen LogP contribution in [0.4, 0.5) is 23.1 Å². The number of benzene rings is 4. The van der Waals surface area contributed by atoms with Crippen LogP contribution in [0.2, 0.25) is 0 Å². The standard InChI is InChI=1S/C47H36N8/c1-47(2)35-22-10-12-24-38(35)55(46-51-42(30-17-7-4-8-18-30)33-21-14-26-49-44(33)53-46)40-28-39-34(27-36(40)47)31-19-9-11-23-37(31)54(39)45-50-41(29-15-5-3-6-16-29)32-20-13-25-48-43(32)52-45/h3-12,14-15,17-19,21-29H,13,16,20H2,1-2H3. The van der Waals surface area contributed by atoms with Crippen LogP contribution in [0.1, 0.15) is 55.0 Å². The van der Waals surface area contributed by atoms with Crippen LogP contribution in [0.3, 0.4) is 0 Å². The van der Waals surface area contributed by atoms with Gasteiger partial charge in [-0.3, -0.25) is 9.47 Å². The summed E-state index contributed by atoms with van der Waals surface area (Å²) in [5.41, 5.74) is 10.9. The molecule has 0 N–H and O–H groups in total. The molecule has 0 saturated carbocycles. The monoisotopic (exact) mass is 712 g/mol. The van der Waals surface area contributed by atoms with Crippen molar-refractivity contribution in [1.82, 2.24) is 29.5 Å². The first-order chi connectivity index (χ1) is 27.0. The number of anilines is 3. The first-order valence-corrected chi connectivity index (χ1v) is 19.0. The number of nitrogens with zero attached hydrogens (tertiary/aromatic N) is 8. The Labute approximate surface area is 318 Å². The van der Waals surface area contributed by atoms with E-state index in [0.717, 1.165) is 86.2 Å². The summed E-state index contributed by atoms with van der Waals surface area (Å²) in [6.07, 6.45) is 15.2. The van der Waals surface area contributed by atoms with E-state index in [2.05, 4.69) is 120 Å². The van der Waals surface area contributed by atoms with Crippen LogP contribution in [0.15, 0.2) is 139 Å². The number of hydrogen-bond acceptors (Lipinski definition) is 7. The van der Waals surface area contributed by atoms with Crippen LogP contribution in [-0.4, -0.2) is 35.7 Å². The third kappa shape index (κ3) is 4.84. The molecule has 1 atom stereocenters. The molecule has 0 spiro atoms. The lowest BCUT2D eigenvalue weighted by Gasteiger charge is -2.41. The minimum absolute atomic E-state index is 0.167. The number of rotatable bonds is 4. The van der Waals surface area contributed by atoms with Crippen molar-refractivity contribution in [2.24, 2.45) is 4.99 Å². The minimum Gasteiger partial charge on any atom is -0.278 e. The number of aliphatic imine (C=N–C) groups is 1. The molecule has 1 unspecified atom stereocenters. The predicted molar refractivity (Wildman–Crippen MR) is 222 cm³/mol. The largest absolute Gasteiger partial charge is 0.278 e. The molecule has 0 saturated heterocycles. The van der Waals surface area contributed by atoms with Gasteiger partial charge >= 0.3 is 0 Å². The molecule has 55 heavy (non-hydrogen) atoms. The van der Waals surface area contributed by atoms with Crippen molar-refractivity contribution in [1.29, 1.82) is 0 Å². The fourth-order valence-electron chi connectivity index (χ4n) is 8.83. The zero-order valence-electron chi connectivity index (χ0n) is 30.6. The van der Waals surface area contributed by atoms with Gasteiger partial charge in [-0.05, 0) is 66.8 Å². The molecule has 4 aromatic carbocycles. The molecule has 2 aliphatic heterocycles. The summed E-state index contributed by atoms with van der Waals surface area (Å²) in [4.78, 5) is 33.0. The van der Waals surface area contributed by atoms with Crippen molar-refractivity contribution in [2.45, 2.75) is 44.4 Å². The van der Waals surface area contributed by atoms with Gasteiger partial charge in [0, 0.05) is 51.0 Å². The summed E-state index contributed by atoms with van der Waals surface area (Å²) < 4.78 is 2.23. The van der Waals surface area contributed by atoms with E-state index >= 15 is 0 Å². The normalized spacial score (nSPS) is 16.8. The van der Waals surface area contributed by atoms with E-state index in [1.807, 2.05) is 36.5 Å². The maximum Gasteiger partial charge on any atom is 0.237 e. The van der Waals surface area contributed by atoms with Gasteiger partial charge in [0.15, 0.2) is 11.5 Å². The van der Waals surface area contributed by atoms with Gasteiger partial charge in [-0.2, -0.15) is 9.97 Å². The van der Waals surface area contributed by atoms with Crippen molar-refractivity contribution < 1.29 is 0 Å². The van der Waals surface area contributed by atoms with E-state index in [1.54, 1.807) is 6.20 Å². The maximum atomic E-state index is 5.43. The second kappa shape index (κ2) is 12.1. The van der Waals surface area contributed by atoms with Crippen LogP contribution in [0, 0.1) is 0 Å². The van der Waals surface area contributed by atoms with Crippen molar-refractivity contribution in [3.8, 4) is 17.2 Å². The molecule has 4 aromatic heterocycles. The van der Waals surface area contributed by atoms with Gasteiger partial charge in [0.2, 0.25) is 11.9 Å². The highest BCUT2D eigenvalue weighted by atomic mass is 15.3. The summed E-state index contributed by atoms with van der Waals surface area (Å²) in [5.74, 6) is 2.12. The highest BCUT2D eigenvalue weighted by Gasteiger charge is 2.39. The molecule has 0 amide bonds. The first kappa shape index (κ1) is 31.7. The van der Waals surface area contributed by atoms with E-state index in [-0.39, 0.29) is 11.3 Å². The summed E-state index contributed by atoms with van der Waals surface area (Å²) >= 11 is 0. The van der Waals surface area contributed by atoms with Gasteiger partial charge in [0.25, 0.3) is 0 Å². The van der Waals surface area contributed by atoms with Gasteiger partial charge < -0.3 is 0 Å².